The molecule has 0 saturated carbocycles. The van der Waals surface area contributed by atoms with Gasteiger partial charge in [-0.1, -0.05) is 12.1 Å². The van der Waals surface area contributed by atoms with E-state index in [1.54, 1.807) is 29.8 Å². The Hall–Kier alpha value is -2.85. The number of rotatable bonds is 3. The van der Waals surface area contributed by atoms with Crippen LogP contribution >= 0.6 is 11.3 Å². The normalized spacial score (nSPS) is 13.8. The maximum Gasteiger partial charge on any atom is 0.268 e. The number of thiazole rings is 1. The first-order valence-corrected chi connectivity index (χ1v) is 7.87. The van der Waals surface area contributed by atoms with Gasteiger partial charge in [0.2, 0.25) is 0 Å². The number of ether oxygens (including phenoxy) is 2. The summed E-state index contributed by atoms with van der Waals surface area (Å²) in [6.07, 6.45) is 3.86. The van der Waals surface area contributed by atoms with E-state index in [9.17, 15) is 10.1 Å². The highest BCUT2D eigenvalue weighted by Gasteiger charge is 2.16. The molecule has 0 fully saturated rings. The second-order valence-corrected chi connectivity index (χ2v) is 5.58. The standard InChI is InChI=1S/C16H13N3O3S/c17-10-12(15(20)19-16-18-5-8-23-16)9-11-3-1-4-13-14(11)22-7-2-6-21-13/h1,3-5,8-9H,2,6-7H2,(H,18,19,20)/b12-9-. The number of nitriles is 1. The van der Waals surface area contributed by atoms with E-state index >= 15 is 0 Å². The number of anilines is 1. The molecule has 1 N–H and O–H groups in total. The largest absolute Gasteiger partial charge is 0.490 e. The van der Waals surface area contributed by atoms with E-state index in [-0.39, 0.29) is 5.57 Å². The van der Waals surface area contributed by atoms with Crippen molar-refractivity contribution in [1.29, 1.82) is 5.26 Å². The zero-order valence-corrected chi connectivity index (χ0v) is 12.9. The Morgan fingerprint density at radius 2 is 2.26 bits per heavy atom. The maximum absolute atomic E-state index is 12.2. The van der Waals surface area contributed by atoms with Gasteiger partial charge >= 0.3 is 0 Å². The van der Waals surface area contributed by atoms with Crippen LogP contribution in [-0.2, 0) is 4.79 Å². The first-order chi connectivity index (χ1) is 11.3. The van der Waals surface area contributed by atoms with Crippen LogP contribution < -0.4 is 14.8 Å². The summed E-state index contributed by atoms with van der Waals surface area (Å²) in [6.45, 7) is 1.11. The molecule has 1 aliphatic rings. The molecule has 2 aromatic rings. The fraction of sp³-hybridized carbons (Fsp3) is 0.188. The summed E-state index contributed by atoms with van der Waals surface area (Å²) in [5.74, 6) is 0.670. The van der Waals surface area contributed by atoms with Crippen LogP contribution in [0.1, 0.15) is 12.0 Å². The smallest absolute Gasteiger partial charge is 0.268 e. The summed E-state index contributed by atoms with van der Waals surface area (Å²) in [5.41, 5.74) is 0.608. The molecule has 1 aromatic carbocycles. The molecule has 1 aromatic heterocycles. The van der Waals surface area contributed by atoms with E-state index in [1.165, 1.54) is 17.4 Å². The molecule has 0 unspecified atom stereocenters. The van der Waals surface area contributed by atoms with E-state index in [0.29, 0.717) is 35.4 Å². The lowest BCUT2D eigenvalue weighted by Gasteiger charge is -2.10. The number of carbonyl (C=O) groups is 1. The molecule has 116 valence electrons. The Kier molecular flexibility index (Phi) is 4.54. The van der Waals surface area contributed by atoms with Gasteiger partial charge < -0.3 is 9.47 Å². The SMILES string of the molecule is N#C/C(=C/c1cccc2c1OCCCO2)C(=O)Nc1nccs1. The molecule has 23 heavy (non-hydrogen) atoms. The average molecular weight is 327 g/mol. The molecule has 0 radical (unpaired) electrons. The minimum Gasteiger partial charge on any atom is -0.490 e. The number of carbonyl (C=O) groups excluding carboxylic acids is 1. The van der Waals surface area contributed by atoms with Gasteiger partial charge in [-0.15, -0.1) is 11.3 Å². The van der Waals surface area contributed by atoms with Crippen LogP contribution in [0.5, 0.6) is 11.5 Å². The number of para-hydroxylation sites is 1. The molecule has 1 aliphatic heterocycles. The first-order valence-electron chi connectivity index (χ1n) is 6.99. The van der Waals surface area contributed by atoms with Gasteiger partial charge in [0.1, 0.15) is 11.6 Å². The number of benzene rings is 1. The van der Waals surface area contributed by atoms with Crippen molar-refractivity contribution in [2.45, 2.75) is 6.42 Å². The molecular weight excluding hydrogens is 314 g/mol. The summed E-state index contributed by atoms with van der Waals surface area (Å²) < 4.78 is 11.3. The van der Waals surface area contributed by atoms with E-state index in [1.807, 2.05) is 6.07 Å². The van der Waals surface area contributed by atoms with Gasteiger partial charge in [-0.3, -0.25) is 10.1 Å². The van der Waals surface area contributed by atoms with Crippen molar-refractivity contribution in [3.05, 3.63) is 40.9 Å². The molecule has 1 amide bonds. The molecule has 0 aliphatic carbocycles. The highest BCUT2D eigenvalue weighted by atomic mass is 32.1. The van der Waals surface area contributed by atoms with Crippen molar-refractivity contribution in [3.63, 3.8) is 0 Å². The molecule has 0 bridgehead atoms. The monoisotopic (exact) mass is 327 g/mol. The van der Waals surface area contributed by atoms with Crippen molar-refractivity contribution in [2.75, 3.05) is 18.5 Å². The third kappa shape index (κ3) is 3.49. The summed E-state index contributed by atoms with van der Waals surface area (Å²) in [4.78, 5) is 16.1. The van der Waals surface area contributed by atoms with Crippen molar-refractivity contribution in [1.82, 2.24) is 4.98 Å². The number of aromatic nitrogens is 1. The second-order valence-electron chi connectivity index (χ2n) is 4.69. The minimum absolute atomic E-state index is 0.0264. The topological polar surface area (TPSA) is 84.2 Å². The maximum atomic E-state index is 12.2. The number of fused-ring (bicyclic) bond motifs is 1. The number of amides is 1. The number of nitrogens with one attached hydrogen (secondary N) is 1. The zero-order valence-electron chi connectivity index (χ0n) is 12.1. The van der Waals surface area contributed by atoms with E-state index < -0.39 is 5.91 Å². The van der Waals surface area contributed by atoms with Crippen molar-refractivity contribution < 1.29 is 14.3 Å². The predicted molar refractivity (Wildman–Crippen MR) is 86.4 cm³/mol. The summed E-state index contributed by atoms with van der Waals surface area (Å²) in [7, 11) is 0. The Balaban J connectivity index is 1.89. The van der Waals surface area contributed by atoms with Gasteiger partial charge in [0.25, 0.3) is 5.91 Å². The minimum atomic E-state index is -0.505. The molecule has 0 spiro atoms. The van der Waals surface area contributed by atoms with E-state index in [2.05, 4.69) is 10.3 Å². The van der Waals surface area contributed by atoms with Crippen molar-refractivity contribution in [3.8, 4) is 17.6 Å². The zero-order chi connectivity index (χ0) is 16.1. The quantitative estimate of drug-likeness (QED) is 0.692. The van der Waals surface area contributed by atoms with Crippen LogP contribution in [0, 0.1) is 11.3 Å². The summed E-state index contributed by atoms with van der Waals surface area (Å²) in [6, 6.07) is 7.30. The van der Waals surface area contributed by atoms with Gasteiger partial charge in [0, 0.05) is 23.6 Å². The average Bonchev–Trinajstić information content (AvgIpc) is 2.94. The summed E-state index contributed by atoms with van der Waals surface area (Å²) >= 11 is 1.29. The Labute approximate surface area is 137 Å². The molecule has 3 rings (SSSR count). The molecule has 0 atom stereocenters. The van der Waals surface area contributed by atoms with Crippen molar-refractivity contribution in [2.24, 2.45) is 0 Å². The third-order valence-corrected chi connectivity index (χ3v) is 3.81. The van der Waals surface area contributed by atoms with Gasteiger partial charge in [0.05, 0.1) is 13.2 Å². The molecular formula is C16H13N3O3S. The molecule has 0 saturated heterocycles. The van der Waals surface area contributed by atoms with Gasteiger partial charge in [-0.05, 0) is 12.1 Å². The van der Waals surface area contributed by atoms with Crippen LogP contribution in [0.25, 0.3) is 6.08 Å². The summed E-state index contributed by atoms with van der Waals surface area (Å²) in [5, 5.41) is 14.1. The van der Waals surface area contributed by atoms with Gasteiger partial charge in [-0.25, -0.2) is 4.98 Å². The fourth-order valence-corrected chi connectivity index (χ4v) is 2.61. The van der Waals surface area contributed by atoms with Crippen LogP contribution in [-0.4, -0.2) is 24.1 Å². The molecule has 2 heterocycles. The Morgan fingerprint density at radius 1 is 1.39 bits per heavy atom. The fourth-order valence-electron chi connectivity index (χ4n) is 2.08. The third-order valence-electron chi connectivity index (χ3n) is 3.12. The van der Waals surface area contributed by atoms with Crippen LogP contribution in [0.15, 0.2) is 35.3 Å². The number of hydrogen-bond donors (Lipinski definition) is 1. The number of nitrogens with zero attached hydrogens (tertiary/aromatic N) is 2. The van der Waals surface area contributed by atoms with Gasteiger partial charge in [-0.2, -0.15) is 5.26 Å². The van der Waals surface area contributed by atoms with E-state index in [4.69, 9.17) is 9.47 Å². The first kappa shape index (κ1) is 15.1. The number of hydrogen-bond acceptors (Lipinski definition) is 6. The lowest BCUT2D eigenvalue weighted by molar-refractivity contribution is -0.112. The van der Waals surface area contributed by atoms with Gasteiger partial charge in [0.15, 0.2) is 16.6 Å². The molecule has 7 heteroatoms. The van der Waals surface area contributed by atoms with Crippen LogP contribution in [0.4, 0.5) is 5.13 Å². The Morgan fingerprint density at radius 3 is 3.04 bits per heavy atom. The second kappa shape index (κ2) is 6.94. The Bertz CT molecular complexity index is 778. The van der Waals surface area contributed by atoms with Crippen LogP contribution in [0.2, 0.25) is 0 Å². The van der Waals surface area contributed by atoms with Crippen LogP contribution in [0.3, 0.4) is 0 Å². The van der Waals surface area contributed by atoms with Crippen molar-refractivity contribution >= 4 is 28.5 Å². The lowest BCUT2D eigenvalue weighted by atomic mass is 10.1. The highest BCUT2D eigenvalue weighted by molar-refractivity contribution is 7.13. The highest BCUT2D eigenvalue weighted by Crippen LogP contribution is 2.34. The lowest BCUT2D eigenvalue weighted by Crippen LogP contribution is -2.13. The molecule has 6 nitrogen and oxygen atoms in total. The predicted octanol–water partition coefficient (Wildman–Crippen LogP) is 2.85. The van der Waals surface area contributed by atoms with E-state index in [0.717, 1.165) is 6.42 Å².